The highest BCUT2D eigenvalue weighted by Gasteiger charge is 2.28. The van der Waals surface area contributed by atoms with E-state index in [1.54, 1.807) is 7.11 Å². The molecular formula is C24H25ClN6O. The van der Waals surface area contributed by atoms with Crippen molar-refractivity contribution in [3.8, 4) is 5.75 Å². The second-order valence-corrected chi connectivity index (χ2v) is 8.50. The molecule has 1 unspecified atom stereocenters. The summed E-state index contributed by atoms with van der Waals surface area (Å²) in [6.45, 7) is 0. The van der Waals surface area contributed by atoms with Crippen molar-refractivity contribution >= 4 is 28.2 Å². The van der Waals surface area contributed by atoms with Gasteiger partial charge in [0.25, 0.3) is 0 Å². The van der Waals surface area contributed by atoms with Gasteiger partial charge in [-0.25, -0.2) is 9.67 Å². The SMILES string of the molecule is COc1ccc(NC(c2cc3ccccc3nc2Cl)c2nnnn2C2CCCCC2)cc1. The molecule has 8 heteroatoms. The van der Waals surface area contributed by atoms with E-state index in [4.69, 9.17) is 16.3 Å². The van der Waals surface area contributed by atoms with Gasteiger partial charge in [0.05, 0.1) is 18.7 Å². The van der Waals surface area contributed by atoms with Gasteiger partial charge in [0.2, 0.25) is 0 Å². The number of tetrazole rings is 1. The van der Waals surface area contributed by atoms with Gasteiger partial charge in [-0.15, -0.1) is 5.10 Å². The van der Waals surface area contributed by atoms with Crippen molar-refractivity contribution in [2.75, 3.05) is 12.4 Å². The van der Waals surface area contributed by atoms with Crippen molar-refractivity contribution in [1.82, 2.24) is 25.2 Å². The Morgan fingerprint density at radius 2 is 1.84 bits per heavy atom. The van der Waals surface area contributed by atoms with Crippen molar-refractivity contribution in [2.45, 2.75) is 44.2 Å². The molecule has 7 nitrogen and oxygen atoms in total. The van der Waals surface area contributed by atoms with Crippen LogP contribution in [0, 0.1) is 0 Å². The zero-order valence-corrected chi connectivity index (χ0v) is 18.7. The second kappa shape index (κ2) is 9.12. The predicted octanol–water partition coefficient (Wildman–Crippen LogP) is 5.59. The van der Waals surface area contributed by atoms with E-state index in [1.807, 2.05) is 53.2 Å². The highest BCUT2D eigenvalue weighted by molar-refractivity contribution is 6.30. The Hall–Kier alpha value is -3.19. The van der Waals surface area contributed by atoms with Crippen molar-refractivity contribution in [1.29, 1.82) is 0 Å². The first-order valence-corrected chi connectivity index (χ1v) is 11.3. The Labute approximate surface area is 191 Å². The van der Waals surface area contributed by atoms with Gasteiger partial charge in [-0.2, -0.15) is 0 Å². The van der Waals surface area contributed by atoms with Crippen LogP contribution in [0.1, 0.15) is 55.6 Å². The van der Waals surface area contributed by atoms with Crippen LogP contribution in [-0.2, 0) is 0 Å². The number of pyridine rings is 1. The molecule has 0 bridgehead atoms. The number of benzene rings is 2. The molecule has 2 aromatic carbocycles. The molecule has 5 rings (SSSR count). The van der Waals surface area contributed by atoms with Crippen LogP contribution in [0.3, 0.4) is 0 Å². The Balaban J connectivity index is 1.60. The second-order valence-electron chi connectivity index (χ2n) is 8.14. The van der Waals surface area contributed by atoms with Gasteiger partial charge in [0, 0.05) is 16.6 Å². The first-order chi connectivity index (χ1) is 15.7. The first-order valence-electron chi connectivity index (χ1n) is 11.0. The fourth-order valence-electron chi connectivity index (χ4n) is 4.42. The molecule has 1 N–H and O–H groups in total. The third-order valence-electron chi connectivity index (χ3n) is 6.11. The number of nitrogens with one attached hydrogen (secondary N) is 1. The Morgan fingerprint density at radius 1 is 1.06 bits per heavy atom. The van der Waals surface area contributed by atoms with Crippen LogP contribution in [0.4, 0.5) is 5.69 Å². The lowest BCUT2D eigenvalue weighted by molar-refractivity contribution is 0.315. The molecule has 0 saturated heterocycles. The summed E-state index contributed by atoms with van der Waals surface area (Å²) >= 11 is 6.72. The van der Waals surface area contributed by atoms with Crippen molar-refractivity contribution in [2.24, 2.45) is 0 Å². The van der Waals surface area contributed by atoms with Crippen molar-refractivity contribution in [3.05, 3.63) is 71.1 Å². The van der Waals surface area contributed by atoms with Gasteiger partial charge in [-0.1, -0.05) is 49.1 Å². The third kappa shape index (κ3) is 4.12. The monoisotopic (exact) mass is 448 g/mol. The van der Waals surface area contributed by atoms with Crippen LogP contribution >= 0.6 is 11.6 Å². The van der Waals surface area contributed by atoms with E-state index in [9.17, 15) is 0 Å². The largest absolute Gasteiger partial charge is 0.497 e. The molecule has 164 valence electrons. The molecule has 1 aliphatic rings. The van der Waals surface area contributed by atoms with Crippen molar-refractivity contribution < 1.29 is 4.74 Å². The van der Waals surface area contributed by atoms with Gasteiger partial charge in [0.1, 0.15) is 16.9 Å². The van der Waals surface area contributed by atoms with Crippen LogP contribution in [0.25, 0.3) is 10.9 Å². The molecule has 2 heterocycles. The maximum atomic E-state index is 6.72. The third-order valence-corrected chi connectivity index (χ3v) is 6.42. The number of halogens is 1. The number of aromatic nitrogens is 5. The molecule has 0 aliphatic heterocycles. The Kier molecular flexibility index (Phi) is 5.90. The van der Waals surface area contributed by atoms with Gasteiger partial charge in [-0.05, 0) is 59.7 Å². The normalized spacial score (nSPS) is 15.6. The summed E-state index contributed by atoms with van der Waals surface area (Å²) in [5, 5.41) is 17.9. The summed E-state index contributed by atoms with van der Waals surface area (Å²) in [5.41, 5.74) is 2.61. The maximum Gasteiger partial charge on any atom is 0.178 e. The van der Waals surface area contributed by atoms with Crippen LogP contribution in [-0.4, -0.2) is 32.3 Å². The number of ether oxygens (including phenoxy) is 1. The fraction of sp³-hybridized carbons (Fsp3) is 0.333. The van der Waals surface area contributed by atoms with E-state index in [2.05, 4.69) is 31.9 Å². The number of nitrogens with zero attached hydrogens (tertiary/aromatic N) is 5. The molecule has 1 fully saturated rings. The summed E-state index contributed by atoms with van der Waals surface area (Å²) in [5.74, 6) is 1.54. The molecule has 1 aliphatic carbocycles. The zero-order chi connectivity index (χ0) is 21.9. The van der Waals surface area contributed by atoms with Crippen molar-refractivity contribution in [3.63, 3.8) is 0 Å². The molecular weight excluding hydrogens is 424 g/mol. The van der Waals surface area contributed by atoms with E-state index in [0.29, 0.717) is 11.2 Å². The lowest BCUT2D eigenvalue weighted by Gasteiger charge is -2.26. The Bertz CT molecular complexity index is 1200. The highest BCUT2D eigenvalue weighted by atomic mass is 35.5. The zero-order valence-electron chi connectivity index (χ0n) is 17.9. The summed E-state index contributed by atoms with van der Waals surface area (Å²) in [4.78, 5) is 4.65. The van der Waals surface area contributed by atoms with Crippen LogP contribution in [0.5, 0.6) is 5.75 Å². The number of hydrogen-bond acceptors (Lipinski definition) is 6. The number of methoxy groups -OCH3 is 1. The van der Waals surface area contributed by atoms with Crippen LogP contribution in [0.2, 0.25) is 5.15 Å². The Morgan fingerprint density at radius 3 is 2.62 bits per heavy atom. The summed E-state index contributed by atoms with van der Waals surface area (Å²) in [6.07, 6.45) is 5.81. The molecule has 0 amide bonds. The number of anilines is 1. The molecule has 1 atom stereocenters. The quantitative estimate of drug-likeness (QED) is 0.387. The fourth-order valence-corrected chi connectivity index (χ4v) is 4.68. The minimum absolute atomic E-state index is 0.293. The average Bonchev–Trinajstić information content (AvgIpc) is 3.33. The molecule has 4 aromatic rings. The minimum Gasteiger partial charge on any atom is -0.497 e. The van der Waals surface area contributed by atoms with E-state index >= 15 is 0 Å². The summed E-state index contributed by atoms with van der Waals surface area (Å²) in [6, 6.07) is 17.8. The van der Waals surface area contributed by atoms with Crippen LogP contribution in [0.15, 0.2) is 54.6 Å². The number of para-hydroxylation sites is 1. The maximum absolute atomic E-state index is 6.72. The predicted molar refractivity (Wildman–Crippen MR) is 125 cm³/mol. The summed E-state index contributed by atoms with van der Waals surface area (Å²) < 4.78 is 7.28. The van der Waals surface area contributed by atoms with Crippen LogP contribution < -0.4 is 10.1 Å². The lowest BCUT2D eigenvalue weighted by atomic mass is 9.95. The number of fused-ring (bicyclic) bond motifs is 1. The van der Waals surface area contributed by atoms with Gasteiger partial charge in [-0.3, -0.25) is 0 Å². The van der Waals surface area contributed by atoms with E-state index in [0.717, 1.165) is 46.6 Å². The average molecular weight is 449 g/mol. The minimum atomic E-state index is -0.357. The molecule has 0 radical (unpaired) electrons. The standard InChI is InChI=1S/C24H25ClN6O/c1-32-19-13-11-17(12-14-19)26-22(20-15-16-7-5-6-10-21(16)27-23(20)25)24-28-29-30-31(24)18-8-3-2-4-9-18/h5-7,10-15,18,22,26H,2-4,8-9H2,1H3. The number of rotatable bonds is 6. The molecule has 0 spiro atoms. The first kappa shape index (κ1) is 20.7. The summed E-state index contributed by atoms with van der Waals surface area (Å²) in [7, 11) is 1.66. The highest BCUT2D eigenvalue weighted by Crippen LogP contribution is 2.35. The number of hydrogen-bond donors (Lipinski definition) is 1. The molecule has 32 heavy (non-hydrogen) atoms. The van der Waals surface area contributed by atoms with Gasteiger partial charge >= 0.3 is 0 Å². The lowest BCUT2D eigenvalue weighted by Crippen LogP contribution is -2.23. The van der Waals surface area contributed by atoms with Gasteiger partial charge < -0.3 is 10.1 Å². The van der Waals surface area contributed by atoms with E-state index < -0.39 is 0 Å². The molecule has 1 saturated carbocycles. The van der Waals surface area contributed by atoms with Gasteiger partial charge in [0.15, 0.2) is 5.82 Å². The van der Waals surface area contributed by atoms with E-state index in [-0.39, 0.29) is 6.04 Å². The smallest absolute Gasteiger partial charge is 0.178 e. The molecule has 2 aromatic heterocycles. The topological polar surface area (TPSA) is 77.8 Å². The van der Waals surface area contributed by atoms with E-state index in [1.165, 1.54) is 19.3 Å².